The topological polar surface area (TPSA) is 0 Å². The van der Waals surface area contributed by atoms with Gasteiger partial charge in [-0.05, 0) is 6.42 Å². The molecule has 7 heavy (non-hydrogen) atoms. The van der Waals surface area contributed by atoms with Crippen molar-refractivity contribution in [3.8, 4) is 0 Å². The van der Waals surface area contributed by atoms with Crippen LogP contribution in [0.4, 0.5) is 0 Å². The molecular formula is C6H9Zr. The molecule has 0 radical (unpaired) electrons. The maximum absolute atomic E-state index is 2.12. The molecule has 0 fully saturated rings. The van der Waals surface area contributed by atoms with Crippen LogP contribution in [-0.2, 0) is 24.7 Å². The molecule has 0 unspecified atom stereocenters. The van der Waals surface area contributed by atoms with Gasteiger partial charge in [0.25, 0.3) is 0 Å². The summed E-state index contributed by atoms with van der Waals surface area (Å²) < 4.78 is 2.09. The molecule has 0 aromatic rings. The van der Waals surface area contributed by atoms with E-state index in [0.717, 1.165) is 6.42 Å². The molecule has 0 saturated heterocycles. The van der Waals surface area contributed by atoms with Crippen molar-refractivity contribution >= 4 is 0 Å². The molecule has 0 amide bonds. The number of rotatable bonds is 0. The van der Waals surface area contributed by atoms with E-state index in [1.165, 1.54) is 0 Å². The van der Waals surface area contributed by atoms with Gasteiger partial charge < -0.3 is 0 Å². The second-order valence-corrected chi connectivity index (χ2v) is 1.09. The Morgan fingerprint density at radius 3 is 1.71 bits per heavy atom. The first-order valence-electron chi connectivity index (χ1n) is 2.32. The molecule has 0 spiro atoms. The third kappa shape index (κ3) is 4.21. The summed E-state index contributed by atoms with van der Waals surface area (Å²) in [5.74, 6) is 0. The maximum atomic E-state index is 2.12. The Kier molecular flexibility index (Phi) is 6.69. The van der Waals surface area contributed by atoms with Crippen LogP contribution < -0.4 is 0 Å². The zero-order valence-electron chi connectivity index (χ0n) is 4.52. The first-order valence-corrected chi connectivity index (χ1v) is 4.77. The first kappa shape index (κ1) is 7.36. The first-order chi connectivity index (χ1) is 3.50. The molecule has 0 aromatic carbocycles. The summed E-state index contributed by atoms with van der Waals surface area (Å²) in [6.07, 6.45) is 9.50. The number of allylic oxidation sites excluding steroid dienone is 4. The third-order valence-electron chi connectivity index (χ3n) is 0.655. The molecule has 0 atom stereocenters. The van der Waals surface area contributed by atoms with E-state index in [-0.39, 0.29) is 0 Å². The van der Waals surface area contributed by atoms with Crippen LogP contribution in [0.1, 0.15) is 6.42 Å². The summed E-state index contributed by atoms with van der Waals surface area (Å²) >= 11 is 1.55. The van der Waals surface area contributed by atoms with Gasteiger partial charge in [-0.25, -0.2) is 0 Å². The average Bonchev–Trinajstić information content (AvgIpc) is 2.23. The van der Waals surface area contributed by atoms with Gasteiger partial charge in [-0.1, -0.05) is 24.3 Å². The van der Waals surface area contributed by atoms with Crippen molar-refractivity contribution in [1.29, 1.82) is 0 Å². The van der Waals surface area contributed by atoms with Crippen LogP contribution in [0, 0.1) is 0 Å². The number of hydrogen-bond acceptors (Lipinski definition) is 0. The fourth-order valence-electron chi connectivity index (χ4n) is 0.393. The Morgan fingerprint density at radius 1 is 1.14 bits per heavy atom. The summed E-state index contributed by atoms with van der Waals surface area (Å²) in [5, 5.41) is 0. The van der Waals surface area contributed by atoms with E-state index in [1.807, 2.05) is 0 Å². The molecule has 0 aliphatic heterocycles. The van der Waals surface area contributed by atoms with E-state index in [0.29, 0.717) is 0 Å². The van der Waals surface area contributed by atoms with Crippen molar-refractivity contribution in [1.82, 2.24) is 0 Å². The van der Waals surface area contributed by atoms with Gasteiger partial charge in [0, 0.05) is 0 Å². The zero-order chi connectivity index (χ0) is 5.54. The van der Waals surface area contributed by atoms with Crippen LogP contribution in [0.5, 0.6) is 0 Å². The van der Waals surface area contributed by atoms with Crippen molar-refractivity contribution < 1.29 is 24.7 Å². The molecule has 0 nitrogen and oxygen atoms in total. The van der Waals surface area contributed by atoms with Crippen LogP contribution in [0.3, 0.4) is 0 Å². The Hall–Kier alpha value is 0.363. The minimum atomic E-state index is 1.14. The van der Waals surface area contributed by atoms with Crippen molar-refractivity contribution in [2.45, 2.75) is 11.1 Å². The molecule has 1 heteroatoms. The molecular weight excluding hydrogens is 163 g/mol. The quantitative estimate of drug-likeness (QED) is 0.525. The summed E-state index contributed by atoms with van der Waals surface area (Å²) in [5.41, 5.74) is 0. The van der Waals surface area contributed by atoms with Crippen molar-refractivity contribution in [2.24, 2.45) is 0 Å². The minimum absolute atomic E-state index is 1.14. The van der Waals surface area contributed by atoms with Gasteiger partial charge in [0.05, 0.1) is 0 Å². The molecule has 0 heterocycles. The second kappa shape index (κ2) is 6.36. The van der Waals surface area contributed by atoms with Gasteiger partial charge >= 0.3 is 29.4 Å². The van der Waals surface area contributed by atoms with Crippen LogP contribution in [-0.4, -0.2) is 0 Å². The van der Waals surface area contributed by atoms with Gasteiger partial charge in [-0.2, -0.15) is 0 Å². The second-order valence-electron chi connectivity index (χ2n) is 1.09. The van der Waals surface area contributed by atoms with E-state index >= 15 is 0 Å². The fraction of sp³-hybridized carbons (Fsp3) is 0.333. The zero-order valence-corrected chi connectivity index (χ0v) is 6.97. The summed E-state index contributed by atoms with van der Waals surface area (Å²) in [6, 6.07) is 0. The van der Waals surface area contributed by atoms with E-state index in [1.54, 1.807) is 24.7 Å². The molecule has 0 N–H and O–H groups in total. The van der Waals surface area contributed by atoms with Crippen LogP contribution in [0.2, 0.25) is 4.63 Å². The van der Waals surface area contributed by atoms with Crippen molar-refractivity contribution in [2.75, 3.05) is 0 Å². The van der Waals surface area contributed by atoms with Crippen molar-refractivity contribution in [3.05, 3.63) is 24.3 Å². The third-order valence-corrected chi connectivity index (χ3v) is 0.655. The van der Waals surface area contributed by atoms with Crippen LogP contribution >= 0.6 is 0 Å². The Labute approximate surface area is 60.2 Å². The monoisotopic (exact) mass is 171 g/mol. The molecule has 1 aliphatic carbocycles. The van der Waals surface area contributed by atoms with Gasteiger partial charge in [0.15, 0.2) is 0 Å². The summed E-state index contributed by atoms with van der Waals surface area (Å²) in [7, 11) is 0. The SMILES string of the molecule is C1=CCC=C1.[CH3][Zr]. The standard InChI is InChI=1S/C5H6.CH3.Zr/c1-2-4-5-3-1;;/h1-4H,5H2;1H3;. The molecule has 0 bridgehead atoms. The predicted octanol–water partition coefficient (Wildman–Crippen LogP) is 2.08. The predicted molar refractivity (Wildman–Crippen MR) is 28.8 cm³/mol. The normalized spacial score (nSPS) is 13.1. The van der Waals surface area contributed by atoms with Gasteiger partial charge in [-0.3, -0.25) is 0 Å². The van der Waals surface area contributed by atoms with E-state index in [2.05, 4.69) is 28.9 Å². The molecule has 37 valence electrons. The van der Waals surface area contributed by atoms with Gasteiger partial charge in [0.1, 0.15) is 0 Å². The number of hydrogen-bond donors (Lipinski definition) is 0. The average molecular weight is 172 g/mol. The van der Waals surface area contributed by atoms with Crippen LogP contribution in [0.15, 0.2) is 24.3 Å². The van der Waals surface area contributed by atoms with Crippen molar-refractivity contribution in [3.63, 3.8) is 0 Å². The van der Waals surface area contributed by atoms with Gasteiger partial charge in [0.2, 0.25) is 0 Å². The van der Waals surface area contributed by atoms with Gasteiger partial charge in [-0.15, -0.1) is 0 Å². The van der Waals surface area contributed by atoms with Crippen LogP contribution in [0.25, 0.3) is 0 Å². The Balaban J connectivity index is 0.000000162. The fourth-order valence-corrected chi connectivity index (χ4v) is 0.393. The molecule has 1 rings (SSSR count). The van der Waals surface area contributed by atoms with E-state index in [4.69, 9.17) is 0 Å². The molecule has 0 saturated carbocycles. The molecule has 1 aliphatic rings. The Bertz CT molecular complexity index is 62.2. The summed E-state index contributed by atoms with van der Waals surface area (Å²) in [6.45, 7) is 0. The van der Waals surface area contributed by atoms with E-state index < -0.39 is 0 Å². The Morgan fingerprint density at radius 2 is 1.57 bits per heavy atom. The summed E-state index contributed by atoms with van der Waals surface area (Å²) in [4.78, 5) is 0. The van der Waals surface area contributed by atoms with E-state index in [9.17, 15) is 0 Å². The molecule has 0 aromatic heterocycles.